The molecule has 0 bridgehead atoms. The van der Waals surface area contributed by atoms with Crippen molar-refractivity contribution in [2.24, 2.45) is 5.84 Å². The molecule has 0 fully saturated rings. The second kappa shape index (κ2) is 8.18. The van der Waals surface area contributed by atoms with Gasteiger partial charge in [-0.3, -0.25) is 10.2 Å². The van der Waals surface area contributed by atoms with Gasteiger partial charge in [-0.15, -0.1) is 0 Å². The highest BCUT2D eigenvalue weighted by Gasteiger charge is 2.10. The number of benzene rings is 3. The van der Waals surface area contributed by atoms with E-state index in [-0.39, 0.29) is 12.5 Å². The molecule has 0 aliphatic carbocycles. The van der Waals surface area contributed by atoms with Crippen LogP contribution in [0.1, 0.15) is 15.9 Å². The Bertz CT molecular complexity index is 878. The van der Waals surface area contributed by atoms with Crippen LogP contribution in [0.25, 0.3) is 11.1 Å². The molecule has 0 saturated heterocycles. The summed E-state index contributed by atoms with van der Waals surface area (Å²) in [5.41, 5.74) is 5.61. The summed E-state index contributed by atoms with van der Waals surface area (Å²) in [5, 5.41) is 0. The first-order chi connectivity index (χ1) is 12.7. The summed E-state index contributed by atoms with van der Waals surface area (Å²) in [5.74, 6) is 6.22. The maximum atomic E-state index is 11.7. The highest BCUT2D eigenvalue weighted by molar-refractivity contribution is 5.94. The molecule has 0 saturated carbocycles. The van der Waals surface area contributed by atoms with Crippen molar-refractivity contribution in [3.8, 4) is 22.6 Å². The van der Waals surface area contributed by atoms with E-state index in [0.717, 1.165) is 22.4 Å². The molecule has 3 N–H and O–H groups in total. The Balaban J connectivity index is 1.73. The number of hydrazine groups is 1. The standard InChI is InChI=1S/C21H20N2O3/c1-25-20-12-9-17(21(24)23-22)13-18(20)14-26-19-10-7-16(8-11-19)15-5-3-2-4-6-15/h2-13H,14,22H2,1H3,(H,23,24). The molecule has 0 aromatic heterocycles. The smallest absolute Gasteiger partial charge is 0.265 e. The molecule has 0 aliphatic rings. The number of amides is 1. The van der Waals surface area contributed by atoms with Gasteiger partial charge >= 0.3 is 0 Å². The molecule has 26 heavy (non-hydrogen) atoms. The minimum atomic E-state index is -0.360. The lowest BCUT2D eigenvalue weighted by atomic mass is 10.1. The number of ether oxygens (including phenoxy) is 2. The number of nitrogens with two attached hydrogens (primary N) is 1. The second-order valence-electron chi connectivity index (χ2n) is 5.68. The third kappa shape index (κ3) is 4.02. The summed E-state index contributed by atoms with van der Waals surface area (Å²) in [6.07, 6.45) is 0. The molecule has 3 aromatic carbocycles. The largest absolute Gasteiger partial charge is 0.496 e. The Hall–Kier alpha value is -3.31. The zero-order valence-corrected chi connectivity index (χ0v) is 14.4. The topological polar surface area (TPSA) is 73.6 Å². The van der Waals surface area contributed by atoms with E-state index in [0.29, 0.717) is 11.3 Å². The number of hydrogen-bond acceptors (Lipinski definition) is 4. The number of nitrogen functional groups attached to an aromatic ring is 1. The Morgan fingerprint density at radius 2 is 1.65 bits per heavy atom. The summed E-state index contributed by atoms with van der Waals surface area (Å²) < 4.78 is 11.2. The number of carbonyl (C=O) groups excluding carboxylic acids is 1. The molecule has 5 heteroatoms. The number of hydrogen-bond donors (Lipinski definition) is 2. The summed E-state index contributed by atoms with van der Waals surface area (Å²) in [6.45, 7) is 0.277. The third-order valence-corrected chi connectivity index (χ3v) is 4.03. The van der Waals surface area contributed by atoms with Gasteiger partial charge in [0.15, 0.2) is 0 Å². The lowest BCUT2D eigenvalue weighted by Gasteiger charge is -2.12. The molecule has 3 aromatic rings. The molecule has 0 aliphatic heterocycles. The fraction of sp³-hybridized carbons (Fsp3) is 0.0952. The van der Waals surface area contributed by atoms with E-state index in [9.17, 15) is 4.79 Å². The normalized spacial score (nSPS) is 10.2. The Morgan fingerprint density at radius 3 is 2.31 bits per heavy atom. The first-order valence-electron chi connectivity index (χ1n) is 8.17. The van der Waals surface area contributed by atoms with Gasteiger partial charge in [0.05, 0.1) is 7.11 Å². The first-order valence-corrected chi connectivity index (χ1v) is 8.17. The van der Waals surface area contributed by atoms with Crippen LogP contribution in [0.2, 0.25) is 0 Å². The van der Waals surface area contributed by atoms with Gasteiger partial charge in [-0.1, -0.05) is 42.5 Å². The van der Waals surface area contributed by atoms with E-state index >= 15 is 0 Å². The van der Waals surface area contributed by atoms with Crippen LogP contribution in [0.3, 0.4) is 0 Å². The van der Waals surface area contributed by atoms with Gasteiger partial charge in [-0.2, -0.15) is 0 Å². The van der Waals surface area contributed by atoms with Crippen LogP contribution in [-0.2, 0) is 6.61 Å². The lowest BCUT2D eigenvalue weighted by molar-refractivity contribution is 0.0953. The molecular formula is C21H20N2O3. The van der Waals surface area contributed by atoms with Crippen molar-refractivity contribution in [1.82, 2.24) is 5.43 Å². The third-order valence-electron chi connectivity index (χ3n) is 4.03. The summed E-state index contributed by atoms with van der Waals surface area (Å²) >= 11 is 0. The van der Waals surface area contributed by atoms with E-state index in [2.05, 4.69) is 17.6 Å². The van der Waals surface area contributed by atoms with Gasteiger partial charge in [-0.05, 0) is 41.5 Å². The summed E-state index contributed by atoms with van der Waals surface area (Å²) in [6, 6.07) is 23.1. The van der Waals surface area contributed by atoms with Crippen LogP contribution < -0.4 is 20.7 Å². The van der Waals surface area contributed by atoms with Gasteiger partial charge in [-0.25, -0.2) is 5.84 Å². The van der Waals surface area contributed by atoms with E-state index in [1.54, 1.807) is 25.3 Å². The van der Waals surface area contributed by atoms with Gasteiger partial charge in [0.2, 0.25) is 0 Å². The quantitative estimate of drug-likeness (QED) is 0.406. The molecular weight excluding hydrogens is 328 g/mol. The Kier molecular flexibility index (Phi) is 5.51. The van der Waals surface area contributed by atoms with Crippen molar-refractivity contribution in [3.63, 3.8) is 0 Å². The molecule has 0 atom stereocenters. The van der Waals surface area contributed by atoms with E-state index in [4.69, 9.17) is 15.3 Å². The highest BCUT2D eigenvalue weighted by Crippen LogP contribution is 2.25. The summed E-state index contributed by atoms with van der Waals surface area (Å²) in [4.78, 5) is 11.7. The highest BCUT2D eigenvalue weighted by atomic mass is 16.5. The number of rotatable bonds is 6. The van der Waals surface area contributed by atoms with Crippen molar-refractivity contribution in [2.75, 3.05) is 7.11 Å². The lowest BCUT2D eigenvalue weighted by Crippen LogP contribution is -2.30. The molecule has 132 valence electrons. The SMILES string of the molecule is COc1ccc(C(=O)NN)cc1COc1ccc(-c2ccccc2)cc1. The number of nitrogens with one attached hydrogen (secondary N) is 1. The maximum absolute atomic E-state index is 11.7. The zero-order valence-electron chi connectivity index (χ0n) is 14.4. The zero-order chi connectivity index (χ0) is 18.4. The van der Waals surface area contributed by atoms with Gasteiger partial charge in [0.25, 0.3) is 5.91 Å². The van der Waals surface area contributed by atoms with Crippen LogP contribution in [0.4, 0.5) is 0 Å². The van der Waals surface area contributed by atoms with Crippen LogP contribution >= 0.6 is 0 Å². The van der Waals surface area contributed by atoms with E-state index < -0.39 is 0 Å². The van der Waals surface area contributed by atoms with Gasteiger partial charge < -0.3 is 9.47 Å². The Morgan fingerprint density at radius 1 is 0.962 bits per heavy atom. The van der Waals surface area contributed by atoms with E-state index in [1.165, 1.54) is 0 Å². The molecule has 0 spiro atoms. The molecule has 1 amide bonds. The van der Waals surface area contributed by atoms with Crippen molar-refractivity contribution in [2.45, 2.75) is 6.61 Å². The minimum absolute atomic E-state index is 0.277. The molecule has 0 radical (unpaired) electrons. The van der Waals surface area contributed by atoms with Crippen LogP contribution in [0.15, 0.2) is 72.8 Å². The minimum Gasteiger partial charge on any atom is -0.496 e. The van der Waals surface area contributed by atoms with Crippen LogP contribution in [-0.4, -0.2) is 13.0 Å². The molecule has 0 heterocycles. The fourth-order valence-corrected chi connectivity index (χ4v) is 2.65. The van der Waals surface area contributed by atoms with Crippen molar-refractivity contribution in [3.05, 3.63) is 83.9 Å². The first kappa shape index (κ1) is 17.5. The average molecular weight is 348 g/mol. The van der Waals surface area contributed by atoms with Gasteiger partial charge in [0.1, 0.15) is 18.1 Å². The number of methoxy groups -OCH3 is 1. The Labute approximate surface area is 152 Å². The second-order valence-corrected chi connectivity index (χ2v) is 5.68. The van der Waals surface area contributed by atoms with Crippen molar-refractivity contribution in [1.29, 1.82) is 0 Å². The molecule has 3 rings (SSSR count). The molecule has 0 unspecified atom stereocenters. The number of carbonyl (C=O) groups is 1. The monoisotopic (exact) mass is 348 g/mol. The van der Waals surface area contributed by atoms with Crippen LogP contribution in [0.5, 0.6) is 11.5 Å². The van der Waals surface area contributed by atoms with Crippen molar-refractivity contribution >= 4 is 5.91 Å². The summed E-state index contributed by atoms with van der Waals surface area (Å²) in [7, 11) is 1.58. The fourth-order valence-electron chi connectivity index (χ4n) is 2.65. The maximum Gasteiger partial charge on any atom is 0.265 e. The van der Waals surface area contributed by atoms with Crippen molar-refractivity contribution < 1.29 is 14.3 Å². The van der Waals surface area contributed by atoms with Gasteiger partial charge in [0, 0.05) is 11.1 Å². The predicted octanol–water partition coefficient (Wildman–Crippen LogP) is 3.54. The molecule has 5 nitrogen and oxygen atoms in total. The average Bonchev–Trinajstić information content (AvgIpc) is 2.72. The van der Waals surface area contributed by atoms with Crippen LogP contribution in [0, 0.1) is 0 Å². The predicted molar refractivity (Wildman–Crippen MR) is 101 cm³/mol. The van der Waals surface area contributed by atoms with E-state index in [1.807, 2.05) is 42.5 Å².